The van der Waals surface area contributed by atoms with Gasteiger partial charge in [0, 0.05) is 19.0 Å². The monoisotopic (exact) mass is 481 g/mol. The molecule has 1 aromatic rings. The Morgan fingerprint density at radius 3 is 2.60 bits per heavy atom. The van der Waals surface area contributed by atoms with Crippen molar-refractivity contribution in [1.29, 1.82) is 0 Å². The molecule has 0 radical (unpaired) electrons. The predicted molar refractivity (Wildman–Crippen MR) is 112 cm³/mol. The molecule has 1 aliphatic rings. The number of benzene rings is 1. The lowest BCUT2D eigenvalue weighted by Crippen LogP contribution is -2.40. The van der Waals surface area contributed by atoms with Crippen LogP contribution >= 0.6 is 24.0 Å². The molecule has 1 aliphatic heterocycles. The van der Waals surface area contributed by atoms with Crippen LogP contribution in [0.15, 0.2) is 35.3 Å². The Hall–Kier alpha value is -0.870. The van der Waals surface area contributed by atoms with Gasteiger partial charge in [0.2, 0.25) is 0 Å². The summed E-state index contributed by atoms with van der Waals surface area (Å²) in [5.74, 6) is 1.29. The first-order valence-corrected chi connectivity index (χ1v) is 10.2. The van der Waals surface area contributed by atoms with Crippen LogP contribution in [0.1, 0.15) is 24.8 Å². The minimum atomic E-state index is -2.85. The number of nitrogens with zero attached hydrogens (tertiary/aromatic N) is 1. The van der Waals surface area contributed by atoms with Gasteiger partial charge in [0.1, 0.15) is 0 Å². The molecule has 3 N–H and O–H groups in total. The fraction of sp³-hybridized carbons (Fsp3) is 0.588. The molecular formula is C17H28IN3O3S. The summed E-state index contributed by atoms with van der Waals surface area (Å²) in [6.45, 7) is 3.81. The van der Waals surface area contributed by atoms with Crippen LogP contribution < -0.4 is 10.6 Å². The van der Waals surface area contributed by atoms with E-state index in [1.165, 1.54) is 0 Å². The van der Waals surface area contributed by atoms with Gasteiger partial charge in [0.25, 0.3) is 0 Å². The molecule has 1 heterocycles. The molecule has 0 amide bonds. The van der Waals surface area contributed by atoms with Gasteiger partial charge in [-0.3, -0.25) is 4.99 Å². The standard InChI is InChI=1S/C17H27N3O3S.HI/c1-2-18-17(19-10-14-8-9-24(22,23)13-14)20-11-16(12-21)15-6-4-3-5-7-15;/h3-7,14,16,21H,2,8-13H2,1H3,(H2,18,19,20);1H. The second-order valence-electron chi connectivity index (χ2n) is 6.16. The molecule has 6 nitrogen and oxygen atoms in total. The van der Waals surface area contributed by atoms with Crippen molar-refractivity contribution in [1.82, 2.24) is 10.6 Å². The SMILES string of the molecule is CCNC(=NCC(CO)c1ccccc1)NCC1CCS(=O)(=O)C1.I. The van der Waals surface area contributed by atoms with Crippen molar-refractivity contribution in [2.24, 2.45) is 10.9 Å². The van der Waals surface area contributed by atoms with E-state index in [0.29, 0.717) is 25.5 Å². The lowest BCUT2D eigenvalue weighted by Gasteiger charge is -2.16. The minimum Gasteiger partial charge on any atom is -0.396 e. The van der Waals surface area contributed by atoms with E-state index >= 15 is 0 Å². The van der Waals surface area contributed by atoms with Gasteiger partial charge in [-0.1, -0.05) is 30.3 Å². The van der Waals surface area contributed by atoms with E-state index in [0.717, 1.165) is 12.1 Å². The van der Waals surface area contributed by atoms with Gasteiger partial charge in [-0.15, -0.1) is 24.0 Å². The van der Waals surface area contributed by atoms with E-state index in [1.807, 2.05) is 37.3 Å². The minimum absolute atomic E-state index is 0. The van der Waals surface area contributed by atoms with Gasteiger partial charge in [0.05, 0.1) is 24.7 Å². The summed E-state index contributed by atoms with van der Waals surface area (Å²) in [5.41, 5.74) is 1.06. The fourth-order valence-electron chi connectivity index (χ4n) is 2.81. The van der Waals surface area contributed by atoms with Crippen LogP contribution in [0.4, 0.5) is 0 Å². The molecule has 0 bridgehead atoms. The quantitative estimate of drug-likeness (QED) is 0.311. The summed E-state index contributed by atoms with van der Waals surface area (Å²) >= 11 is 0. The summed E-state index contributed by atoms with van der Waals surface area (Å²) in [6.07, 6.45) is 0.706. The van der Waals surface area contributed by atoms with Gasteiger partial charge >= 0.3 is 0 Å². The summed E-state index contributed by atoms with van der Waals surface area (Å²) < 4.78 is 23.0. The number of rotatable bonds is 7. The molecule has 1 saturated heterocycles. The van der Waals surface area contributed by atoms with Crippen LogP contribution in [-0.2, 0) is 9.84 Å². The fourth-order valence-corrected chi connectivity index (χ4v) is 4.67. The maximum Gasteiger partial charge on any atom is 0.191 e. The van der Waals surface area contributed by atoms with Gasteiger partial charge in [-0.25, -0.2) is 8.42 Å². The van der Waals surface area contributed by atoms with E-state index < -0.39 is 9.84 Å². The number of aliphatic hydroxyl groups is 1. The number of aliphatic hydroxyl groups excluding tert-OH is 1. The van der Waals surface area contributed by atoms with Crippen molar-refractivity contribution in [3.8, 4) is 0 Å². The molecule has 2 atom stereocenters. The number of hydrogen-bond donors (Lipinski definition) is 3. The van der Waals surface area contributed by atoms with Crippen molar-refractivity contribution in [3.05, 3.63) is 35.9 Å². The predicted octanol–water partition coefficient (Wildman–Crippen LogP) is 1.37. The zero-order valence-corrected chi connectivity index (χ0v) is 17.7. The van der Waals surface area contributed by atoms with E-state index in [2.05, 4.69) is 15.6 Å². The second-order valence-corrected chi connectivity index (χ2v) is 8.39. The number of nitrogens with one attached hydrogen (secondary N) is 2. The van der Waals surface area contributed by atoms with Gasteiger partial charge < -0.3 is 15.7 Å². The number of hydrogen-bond acceptors (Lipinski definition) is 4. The maximum absolute atomic E-state index is 11.5. The van der Waals surface area contributed by atoms with Crippen molar-refractivity contribution in [2.45, 2.75) is 19.3 Å². The van der Waals surface area contributed by atoms with Crippen molar-refractivity contribution in [2.75, 3.05) is 37.7 Å². The zero-order valence-electron chi connectivity index (χ0n) is 14.5. The van der Waals surface area contributed by atoms with Crippen LogP contribution in [0.2, 0.25) is 0 Å². The molecule has 0 aliphatic carbocycles. The molecule has 8 heteroatoms. The maximum atomic E-state index is 11.5. The van der Waals surface area contributed by atoms with E-state index in [4.69, 9.17) is 0 Å². The van der Waals surface area contributed by atoms with E-state index in [1.54, 1.807) is 0 Å². The average molecular weight is 481 g/mol. The largest absolute Gasteiger partial charge is 0.396 e. The molecule has 0 aromatic heterocycles. The molecule has 1 aromatic carbocycles. The highest BCUT2D eigenvalue weighted by atomic mass is 127. The van der Waals surface area contributed by atoms with Crippen LogP contribution in [0.5, 0.6) is 0 Å². The molecule has 0 spiro atoms. The molecule has 25 heavy (non-hydrogen) atoms. The molecule has 1 fully saturated rings. The second kappa shape index (κ2) is 11.0. The molecular weight excluding hydrogens is 453 g/mol. The Morgan fingerprint density at radius 1 is 1.32 bits per heavy atom. The topological polar surface area (TPSA) is 90.8 Å². The van der Waals surface area contributed by atoms with Crippen LogP contribution in [0.25, 0.3) is 0 Å². The molecule has 0 saturated carbocycles. The third-order valence-electron chi connectivity index (χ3n) is 4.19. The van der Waals surface area contributed by atoms with Gasteiger partial charge in [-0.2, -0.15) is 0 Å². The lowest BCUT2D eigenvalue weighted by molar-refractivity contribution is 0.268. The Bertz CT molecular complexity index is 638. The Labute approximate surface area is 167 Å². The molecule has 142 valence electrons. The van der Waals surface area contributed by atoms with Crippen LogP contribution in [0, 0.1) is 5.92 Å². The summed E-state index contributed by atoms with van der Waals surface area (Å²) in [7, 11) is -2.85. The van der Waals surface area contributed by atoms with Crippen molar-refractivity contribution < 1.29 is 13.5 Å². The van der Waals surface area contributed by atoms with Crippen LogP contribution in [0.3, 0.4) is 0 Å². The number of halogens is 1. The Morgan fingerprint density at radius 2 is 2.04 bits per heavy atom. The Balaban J connectivity index is 0.00000312. The van der Waals surface area contributed by atoms with Crippen LogP contribution in [-0.4, -0.2) is 57.2 Å². The highest BCUT2D eigenvalue weighted by molar-refractivity contribution is 14.0. The summed E-state index contributed by atoms with van der Waals surface area (Å²) in [4.78, 5) is 4.54. The number of guanidine groups is 1. The summed E-state index contributed by atoms with van der Waals surface area (Å²) in [6, 6.07) is 9.82. The molecule has 2 unspecified atom stereocenters. The van der Waals surface area contributed by atoms with Crippen molar-refractivity contribution in [3.63, 3.8) is 0 Å². The van der Waals surface area contributed by atoms with Gasteiger partial charge in [0.15, 0.2) is 15.8 Å². The Kier molecular flexibility index (Phi) is 9.73. The third kappa shape index (κ3) is 7.49. The number of aliphatic imine (C=N–C) groups is 1. The zero-order chi connectivity index (χ0) is 17.4. The van der Waals surface area contributed by atoms with E-state index in [-0.39, 0.29) is 53.9 Å². The lowest BCUT2D eigenvalue weighted by atomic mass is 10.0. The normalized spacial score (nSPS) is 20.6. The average Bonchev–Trinajstić information content (AvgIpc) is 2.93. The van der Waals surface area contributed by atoms with Crippen molar-refractivity contribution >= 4 is 39.8 Å². The van der Waals surface area contributed by atoms with E-state index in [9.17, 15) is 13.5 Å². The molecule has 2 rings (SSSR count). The first kappa shape index (κ1) is 22.2. The number of sulfone groups is 1. The smallest absolute Gasteiger partial charge is 0.191 e. The first-order valence-electron chi connectivity index (χ1n) is 8.42. The third-order valence-corrected chi connectivity index (χ3v) is 6.03. The summed E-state index contributed by atoms with van der Waals surface area (Å²) in [5, 5.41) is 16.0. The first-order chi connectivity index (χ1) is 11.5. The van der Waals surface area contributed by atoms with Gasteiger partial charge in [-0.05, 0) is 24.8 Å². The highest BCUT2D eigenvalue weighted by Gasteiger charge is 2.27. The highest BCUT2D eigenvalue weighted by Crippen LogP contribution is 2.17.